The van der Waals surface area contributed by atoms with Gasteiger partial charge < -0.3 is 4.74 Å². The minimum atomic E-state index is -0.203. The first kappa shape index (κ1) is 18.7. The summed E-state index contributed by atoms with van der Waals surface area (Å²) in [5.41, 5.74) is 3.28. The summed E-state index contributed by atoms with van der Waals surface area (Å²) in [4.78, 5) is 16.6. The molecule has 1 N–H and O–H groups in total. The van der Waals surface area contributed by atoms with Crippen molar-refractivity contribution in [1.29, 1.82) is 0 Å². The number of benzene rings is 2. The lowest BCUT2D eigenvalue weighted by Crippen LogP contribution is -2.20. The lowest BCUT2D eigenvalue weighted by molar-refractivity contribution is -0.118. The molecule has 2 aromatic carbocycles. The molecule has 0 radical (unpaired) electrons. The molecule has 0 bridgehead atoms. The van der Waals surface area contributed by atoms with E-state index in [4.69, 9.17) is 4.74 Å². The molecule has 1 heterocycles. The molecule has 0 saturated heterocycles. The Hall–Kier alpha value is -2.66. The maximum Gasteiger partial charge on any atom is 0.264 e. The van der Waals surface area contributed by atoms with Crippen LogP contribution in [0.25, 0.3) is 11.3 Å². The van der Waals surface area contributed by atoms with Crippen molar-refractivity contribution >= 4 is 22.4 Å². The Morgan fingerprint density at radius 1 is 1.04 bits per heavy atom. The molecule has 4 rings (SSSR count). The van der Waals surface area contributed by atoms with Crippen LogP contribution in [0, 0.1) is 0 Å². The van der Waals surface area contributed by atoms with Crippen molar-refractivity contribution in [2.75, 3.05) is 11.9 Å². The molecular weight excluding hydrogens is 368 g/mol. The zero-order valence-electron chi connectivity index (χ0n) is 15.8. The minimum absolute atomic E-state index is 0.0248. The van der Waals surface area contributed by atoms with E-state index < -0.39 is 0 Å². The smallest absolute Gasteiger partial charge is 0.264 e. The predicted octanol–water partition coefficient (Wildman–Crippen LogP) is 5.88. The molecule has 5 heteroatoms. The summed E-state index contributed by atoms with van der Waals surface area (Å²) in [5, 5.41) is 5.33. The summed E-state index contributed by atoms with van der Waals surface area (Å²) in [5.74, 6) is 1.19. The van der Waals surface area contributed by atoms with E-state index in [0.717, 1.165) is 17.0 Å². The van der Waals surface area contributed by atoms with Gasteiger partial charge in [0.2, 0.25) is 0 Å². The van der Waals surface area contributed by atoms with E-state index in [2.05, 4.69) is 22.4 Å². The third-order valence-corrected chi connectivity index (χ3v) is 5.90. The number of carbonyl (C=O) groups excluding carboxylic acids is 1. The minimum Gasteiger partial charge on any atom is -0.484 e. The summed E-state index contributed by atoms with van der Waals surface area (Å²) in [6.45, 7) is -0.0248. The van der Waals surface area contributed by atoms with Crippen LogP contribution in [-0.4, -0.2) is 17.5 Å². The summed E-state index contributed by atoms with van der Waals surface area (Å²) in [6, 6.07) is 18.1. The summed E-state index contributed by atoms with van der Waals surface area (Å²) >= 11 is 1.41. The summed E-state index contributed by atoms with van der Waals surface area (Å²) in [7, 11) is 0. The van der Waals surface area contributed by atoms with Crippen LogP contribution in [0.2, 0.25) is 0 Å². The Bertz CT molecular complexity index is 900. The highest BCUT2D eigenvalue weighted by Gasteiger charge is 2.15. The maximum absolute atomic E-state index is 12.2. The van der Waals surface area contributed by atoms with Gasteiger partial charge in [-0.3, -0.25) is 10.1 Å². The third kappa shape index (κ3) is 4.78. The second-order valence-corrected chi connectivity index (χ2v) is 8.00. The predicted molar refractivity (Wildman–Crippen MR) is 114 cm³/mol. The monoisotopic (exact) mass is 392 g/mol. The van der Waals surface area contributed by atoms with Gasteiger partial charge in [0.15, 0.2) is 11.7 Å². The Morgan fingerprint density at radius 2 is 1.79 bits per heavy atom. The van der Waals surface area contributed by atoms with Crippen LogP contribution in [0.15, 0.2) is 60.0 Å². The molecule has 1 aliphatic carbocycles. The van der Waals surface area contributed by atoms with Crippen molar-refractivity contribution in [1.82, 2.24) is 4.98 Å². The van der Waals surface area contributed by atoms with Gasteiger partial charge in [0.25, 0.3) is 5.91 Å². The fraction of sp³-hybridized carbons (Fsp3) is 0.304. The molecule has 3 aromatic rings. The van der Waals surface area contributed by atoms with Gasteiger partial charge in [-0.1, -0.05) is 61.7 Å². The van der Waals surface area contributed by atoms with E-state index >= 15 is 0 Å². The quantitative estimate of drug-likeness (QED) is 0.570. The van der Waals surface area contributed by atoms with Crippen LogP contribution in [0.3, 0.4) is 0 Å². The summed E-state index contributed by atoms with van der Waals surface area (Å²) < 4.78 is 5.64. The number of rotatable bonds is 6. The van der Waals surface area contributed by atoms with Crippen LogP contribution in [0.5, 0.6) is 5.75 Å². The maximum atomic E-state index is 12.2. The number of ether oxygens (including phenoxy) is 1. The average molecular weight is 393 g/mol. The summed E-state index contributed by atoms with van der Waals surface area (Å²) in [6.07, 6.45) is 6.57. The van der Waals surface area contributed by atoms with Crippen molar-refractivity contribution in [3.05, 3.63) is 65.5 Å². The Morgan fingerprint density at radius 3 is 2.54 bits per heavy atom. The van der Waals surface area contributed by atoms with Crippen LogP contribution >= 0.6 is 11.3 Å². The van der Waals surface area contributed by atoms with Crippen molar-refractivity contribution in [3.63, 3.8) is 0 Å². The molecule has 1 aliphatic rings. The highest BCUT2D eigenvalue weighted by Crippen LogP contribution is 2.33. The third-order valence-electron chi connectivity index (χ3n) is 5.15. The fourth-order valence-corrected chi connectivity index (χ4v) is 4.38. The second-order valence-electron chi connectivity index (χ2n) is 7.14. The van der Waals surface area contributed by atoms with Gasteiger partial charge in [-0.25, -0.2) is 4.98 Å². The van der Waals surface area contributed by atoms with Gasteiger partial charge in [0.05, 0.1) is 5.69 Å². The molecule has 1 fully saturated rings. The molecule has 144 valence electrons. The van der Waals surface area contributed by atoms with E-state index in [1.54, 1.807) is 0 Å². The number of aromatic nitrogens is 1. The molecule has 4 nitrogen and oxygen atoms in total. The Balaban J connectivity index is 1.28. The van der Waals surface area contributed by atoms with E-state index in [1.807, 2.05) is 47.8 Å². The zero-order valence-corrected chi connectivity index (χ0v) is 16.6. The van der Waals surface area contributed by atoms with E-state index in [0.29, 0.717) is 11.0 Å². The normalized spacial score (nSPS) is 14.6. The van der Waals surface area contributed by atoms with Crippen molar-refractivity contribution < 1.29 is 9.53 Å². The Labute approximate surface area is 169 Å². The standard InChI is InChI=1S/C23H24N2O2S/c26-22(25-23-24-21(16-28-23)19-9-5-2-6-10-19)15-27-20-13-11-18(12-14-20)17-7-3-1-4-8-17/h2,5-6,9-14,16-17H,1,3-4,7-8,15H2,(H,24,25,26). The SMILES string of the molecule is O=C(COc1ccc(C2CCCCC2)cc1)Nc1nc(-c2ccccc2)cs1. The van der Waals surface area contributed by atoms with Crippen LogP contribution in [-0.2, 0) is 4.79 Å². The number of carbonyl (C=O) groups is 1. The van der Waals surface area contributed by atoms with Gasteiger partial charge in [-0.15, -0.1) is 11.3 Å². The lowest BCUT2D eigenvalue weighted by Gasteiger charge is -2.22. The van der Waals surface area contributed by atoms with Crippen molar-refractivity contribution in [2.24, 2.45) is 0 Å². The molecule has 0 spiro atoms. The molecule has 1 amide bonds. The zero-order chi connectivity index (χ0) is 19.2. The first-order valence-corrected chi connectivity index (χ1v) is 10.7. The molecular formula is C23H24N2O2S. The van der Waals surface area contributed by atoms with E-state index in [1.165, 1.54) is 49.0 Å². The van der Waals surface area contributed by atoms with Gasteiger partial charge in [-0.2, -0.15) is 0 Å². The molecule has 0 aliphatic heterocycles. The Kier molecular flexibility index (Phi) is 6.02. The van der Waals surface area contributed by atoms with Crippen LogP contribution < -0.4 is 10.1 Å². The molecule has 0 atom stereocenters. The second kappa shape index (κ2) is 9.02. The number of nitrogens with one attached hydrogen (secondary N) is 1. The van der Waals surface area contributed by atoms with Crippen molar-refractivity contribution in [2.45, 2.75) is 38.0 Å². The molecule has 0 unspecified atom stereocenters. The molecule has 1 aromatic heterocycles. The van der Waals surface area contributed by atoms with E-state index in [-0.39, 0.29) is 12.5 Å². The number of hydrogen-bond donors (Lipinski definition) is 1. The molecule has 28 heavy (non-hydrogen) atoms. The van der Waals surface area contributed by atoms with Gasteiger partial charge in [0, 0.05) is 10.9 Å². The number of thiazole rings is 1. The fourth-order valence-electron chi connectivity index (χ4n) is 3.65. The number of amides is 1. The first-order chi connectivity index (χ1) is 13.8. The number of nitrogens with zero attached hydrogens (tertiary/aromatic N) is 1. The average Bonchev–Trinajstić information content (AvgIpc) is 3.22. The van der Waals surface area contributed by atoms with Crippen LogP contribution in [0.4, 0.5) is 5.13 Å². The largest absolute Gasteiger partial charge is 0.484 e. The van der Waals surface area contributed by atoms with Gasteiger partial charge >= 0.3 is 0 Å². The lowest BCUT2D eigenvalue weighted by atomic mass is 9.84. The van der Waals surface area contributed by atoms with Gasteiger partial charge in [0.1, 0.15) is 5.75 Å². The van der Waals surface area contributed by atoms with Crippen LogP contribution in [0.1, 0.15) is 43.6 Å². The first-order valence-electron chi connectivity index (χ1n) is 9.81. The highest BCUT2D eigenvalue weighted by molar-refractivity contribution is 7.14. The van der Waals surface area contributed by atoms with Crippen molar-refractivity contribution in [3.8, 4) is 17.0 Å². The number of hydrogen-bond acceptors (Lipinski definition) is 4. The van der Waals surface area contributed by atoms with E-state index in [9.17, 15) is 4.79 Å². The molecule has 1 saturated carbocycles. The highest BCUT2D eigenvalue weighted by atomic mass is 32.1. The van der Waals surface area contributed by atoms with Gasteiger partial charge in [-0.05, 0) is 36.5 Å². The number of anilines is 1. The topological polar surface area (TPSA) is 51.2 Å².